The molecule has 8 nitrogen and oxygen atoms in total. The summed E-state index contributed by atoms with van der Waals surface area (Å²) in [6.07, 6.45) is 3.18. The van der Waals surface area contributed by atoms with Crippen molar-refractivity contribution < 1.29 is 19.0 Å². The Kier molecular flexibility index (Phi) is 7.40. The molecule has 0 saturated carbocycles. The number of nitrogens with zero attached hydrogens (tertiary/aromatic N) is 3. The third-order valence-corrected chi connectivity index (χ3v) is 4.60. The molecule has 158 valence electrons. The van der Waals surface area contributed by atoms with Gasteiger partial charge < -0.3 is 19.5 Å². The van der Waals surface area contributed by atoms with Gasteiger partial charge in [0.15, 0.2) is 18.1 Å². The van der Waals surface area contributed by atoms with Crippen molar-refractivity contribution in [1.82, 2.24) is 9.97 Å². The maximum atomic E-state index is 12.4. The van der Waals surface area contributed by atoms with E-state index in [1.165, 1.54) is 0 Å². The molecule has 1 heterocycles. The first-order valence-electron chi connectivity index (χ1n) is 9.34. The van der Waals surface area contributed by atoms with Gasteiger partial charge in [0.1, 0.15) is 5.75 Å². The zero-order valence-corrected chi connectivity index (χ0v) is 18.5. The molecular formula is C22H19BrN4O4. The molecule has 2 aromatic carbocycles. The normalized spacial score (nSPS) is 10.1. The van der Waals surface area contributed by atoms with Gasteiger partial charge >= 0.3 is 6.01 Å². The molecule has 0 spiro atoms. The zero-order chi connectivity index (χ0) is 22.2. The number of benzene rings is 2. The zero-order valence-electron chi connectivity index (χ0n) is 16.9. The first kappa shape index (κ1) is 22.1. The number of ether oxygens (including phenoxy) is 3. The maximum Gasteiger partial charge on any atom is 0.321 e. The number of aryl methyl sites for hydroxylation is 1. The summed E-state index contributed by atoms with van der Waals surface area (Å²) in [7, 11) is 0. The van der Waals surface area contributed by atoms with Crippen molar-refractivity contribution >= 4 is 27.5 Å². The molecule has 1 aromatic heterocycles. The SMILES string of the molecule is CCOc1cc(C#N)cc(Br)c1OCC(=O)Nc1ccc(Oc2ncccn2)cc1C. The van der Waals surface area contributed by atoms with Gasteiger partial charge in [-0.1, -0.05) is 0 Å². The van der Waals surface area contributed by atoms with E-state index in [0.717, 1.165) is 5.56 Å². The van der Waals surface area contributed by atoms with Crippen molar-refractivity contribution in [3.8, 4) is 29.3 Å². The number of anilines is 1. The Labute approximate surface area is 187 Å². The highest BCUT2D eigenvalue weighted by molar-refractivity contribution is 9.10. The Bertz CT molecular complexity index is 1120. The molecule has 0 aliphatic heterocycles. The highest BCUT2D eigenvalue weighted by Crippen LogP contribution is 2.36. The lowest BCUT2D eigenvalue weighted by molar-refractivity contribution is -0.118. The average Bonchev–Trinajstić information content (AvgIpc) is 2.76. The molecule has 31 heavy (non-hydrogen) atoms. The van der Waals surface area contributed by atoms with E-state index >= 15 is 0 Å². The second-order valence-corrected chi connectivity index (χ2v) is 7.13. The molecule has 0 fully saturated rings. The Morgan fingerprint density at radius 2 is 1.97 bits per heavy atom. The highest BCUT2D eigenvalue weighted by atomic mass is 79.9. The third-order valence-electron chi connectivity index (χ3n) is 4.01. The van der Waals surface area contributed by atoms with Gasteiger partial charge in [-0.25, -0.2) is 9.97 Å². The van der Waals surface area contributed by atoms with Crippen LogP contribution in [0.2, 0.25) is 0 Å². The minimum atomic E-state index is -0.345. The van der Waals surface area contributed by atoms with Crippen LogP contribution in [0.1, 0.15) is 18.1 Å². The molecule has 0 aliphatic rings. The van der Waals surface area contributed by atoms with E-state index in [0.29, 0.717) is 39.6 Å². The molecule has 0 aliphatic carbocycles. The molecule has 1 N–H and O–H groups in total. The molecule has 0 saturated heterocycles. The number of carbonyl (C=O) groups is 1. The van der Waals surface area contributed by atoms with Crippen molar-refractivity contribution in [3.63, 3.8) is 0 Å². The second-order valence-electron chi connectivity index (χ2n) is 6.28. The summed E-state index contributed by atoms with van der Waals surface area (Å²) in [5, 5.41) is 11.9. The number of rotatable bonds is 8. The lowest BCUT2D eigenvalue weighted by Crippen LogP contribution is -2.21. The number of aromatic nitrogens is 2. The van der Waals surface area contributed by atoms with Gasteiger partial charge in [0, 0.05) is 24.1 Å². The summed E-state index contributed by atoms with van der Waals surface area (Å²) in [5.41, 5.74) is 1.85. The van der Waals surface area contributed by atoms with Crippen LogP contribution < -0.4 is 19.5 Å². The van der Waals surface area contributed by atoms with Gasteiger partial charge in [-0.05, 0) is 65.7 Å². The van der Waals surface area contributed by atoms with Crippen LogP contribution in [0.4, 0.5) is 5.69 Å². The minimum absolute atomic E-state index is 0.236. The molecule has 9 heteroatoms. The predicted molar refractivity (Wildman–Crippen MR) is 117 cm³/mol. The van der Waals surface area contributed by atoms with E-state index in [4.69, 9.17) is 19.5 Å². The van der Waals surface area contributed by atoms with Crippen molar-refractivity contribution in [2.45, 2.75) is 13.8 Å². The Morgan fingerprint density at radius 1 is 1.19 bits per heavy atom. The first-order chi connectivity index (χ1) is 15.0. The molecule has 0 bridgehead atoms. The smallest absolute Gasteiger partial charge is 0.321 e. The fourth-order valence-corrected chi connectivity index (χ4v) is 3.20. The van der Waals surface area contributed by atoms with Gasteiger partial charge in [0.25, 0.3) is 5.91 Å². The molecule has 1 amide bonds. The minimum Gasteiger partial charge on any atom is -0.490 e. The predicted octanol–water partition coefficient (Wildman–Crippen LogP) is 4.63. The Morgan fingerprint density at radius 3 is 2.65 bits per heavy atom. The molecular weight excluding hydrogens is 464 g/mol. The Balaban J connectivity index is 1.64. The topological polar surface area (TPSA) is 106 Å². The van der Waals surface area contributed by atoms with E-state index in [1.807, 2.05) is 13.8 Å². The number of halogens is 1. The van der Waals surface area contributed by atoms with Crippen LogP contribution in [0.3, 0.4) is 0 Å². The fraction of sp³-hybridized carbons (Fsp3) is 0.182. The molecule has 3 rings (SSSR count). The summed E-state index contributed by atoms with van der Waals surface area (Å²) < 4.78 is 17.3. The van der Waals surface area contributed by atoms with E-state index in [2.05, 4.69) is 37.3 Å². The van der Waals surface area contributed by atoms with Gasteiger partial charge in [0.05, 0.1) is 22.7 Å². The van der Waals surface area contributed by atoms with Gasteiger partial charge in [-0.3, -0.25) is 4.79 Å². The molecule has 0 atom stereocenters. The van der Waals surface area contributed by atoms with E-state index in [-0.39, 0.29) is 18.5 Å². The summed E-state index contributed by atoms with van der Waals surface area (Å²) in [6, 6.07) is 12.4. The largest absolute Gasteiger partial charge is 0.490 e. The first-order valence-corrected chi connectivity index (χ1v) is 10.1. The van der Waals surface area contributed by atoms with E-state index in [1.54, 1.807) is 48.8 Å². The van der Waals surface area contributed by atoms with E-state index < -0.39 is 0 Å². The number of amides is 1. The second kappa shape index (κ2) is 10.4. The van der Waals surface area contributed by atoms with E-state index in [9.17, 15) is 4.79 Å². The molecule has 0 radical (unpaired) electrons. The fourth-order valence-electron chi connectivity index (χ4n) is 2.64. The van der Waals surface area contributed by atoms with Gasteiger partial charge in [-0.15, -0.1) is 0 Å². The van der Waals surface area contributed by atoms with Crippen LogP contribution in [-0.2, 0) is 4.79 Å². The van der Waals surface area contributed by atoms with Crippen LogP contribution in [0.15, 0.2) is 53.3 Å². The summed E-state index contributed by atoms with van der Waals surface area (Å²) in [4.78, 5) is 20.5. The summed E-state index contributed by atoms with van der Waals surface area (Å²) >= 11 is 3.36. The number of nitriles is 1. The van der Waals surface area contributed by atoms with Crippen molar-refractivity contribution in [2.24, 2.45) is 0 Å². The lowest BCUT2D eigenvalue weighted by Gasteiger charge is -2.15. The highest BCUT2D eigenvalue weighted by Gasteiger charge is 2.15. The molecule has 0 unspecified atom stereocenters. The Hall–Kier alpha value is -3.64. The maximum absolute atomic E-state index is 12.4. The number of nitrogens with one attached hydrogen (secondary N) is 1. The third kappa shape index (κ3) is 5.93. The van der Waals surface area contributed by atoms with Crippen molar-refractivity contribution in [3.05, 3.63) is 64.4 Å². The summed E-state index contributed by atoms with van der Waals surface area (Å²) in [5.74, 6) is 0.962. The van der Waals surface area contributed by atoms with Crippen molar-refractivity contribution in [1.29, 1.82) is 5.26 Å². The lowest BCUT2D eigenvalue weighted by atomic mass is 10.2. The van der Waals surface area contributed by atoms with Crippen molar-refractivity contribution in [2.75, 3.05) is 18.5 Å². The van der Waals surface area contributed by atoms with Gasteiger partial charge in [-0.2, -0.15) is 5.26 Å². The average molecular weight is 483 g/mol. The molecule has 3 aromatic rings. The van der Waals surface area contributed by atoms with Crippen LogP contribution >= 0.6 is 15.9 Å². The number of hydrogen-bond donors (Lipinski definition) is 1. The van der Waals surface area contributed by atoms with Gasteiger partial charge in [0.2, 0.25) is 0 Å². The standard InChI is InChI=1S/C22H19BrN4O4/c1-3-29-19-11-15(12-24)10-17(23)21(19)30-13-20(28)27-18-6-5-16(9-14(18)2)31-22-25-7-4-8-26-22/h4-11H,3,13H2,1-2H3,(H,27,28). The van der Waals surface area contributed by atoms with Crippen LogP contribution in [0, 0.1) is 18.3 Å². The monoisotopic (exact) mass is 482 g/mol. The number of carbonyl (C=O) groups excluding carboxylic acids is 1. The van der Waals surface area contributed by atoms with Crippen LogP contribution in [-0.4, -0.2) is 29.1 Å². The quantitative estimate of drug-likeness (QED) is 0.498. The summed E-state index contributed by atoms with van der Waals surface area (Å²) in [6.45, 7) is 3.83. The van der Waals surface area contributed by atoms with Crippen LogP contribution in [0.5, 0.6) is 23.3 Å². The number of hydrogen-bond acceptors (Lipinski definition) is 7. The van der Waals surface area contributed by atoms with Crippen LogP contribution in [0.25, 0.3) is 0 Å².